The zero-order chi connectivity index (χ0) is 26.4. The van der Waals surface area contributed by atoms with Gasteiger partial charge in [0.2, 0.25) is 0 Å². The highest BCUT2D eigenvalue weighted by molar-refractivity contribution is 6.42. The lowest BCUT2D eigenvalue weighted by atomic mass is 10.0. The molecule has 38 heavy (non-hydrogen) atoms. The highest BCUT2D eigenvalue weighted by Gasteiger charge is 2.26. The van der Waals surface area contributed by atoms with Gasteiger partial charge in [-0.15, -0.1) is 0 Å². The number of fused-ring (bicyclic) bond motifs is 2. The molecule has 7 nitrogen and oxygen atoms in total. The van der Waals surface area contributed by atoms with Gasteiger partial charge in [0.15, 0.2) is 0 Å². The zero-order valence-corrected chi connectivity index (χ0v) is 23.5. The van der Waals surface area contributed by atoms with E-state index in [2.05, 4.69) is 27.6 Å². The van der Waals surface area contributed by atoms with Crippen LogP contribution < -0.4 is 5.69 Å². The van der Waals surface area contributed by atoms with Gasteiger partial charge in [-0.25, -0.2) is 4.79 Å². The number of benzene rings is 2. The third-order valence-corrected chi connectivity index (χ3v) is 9.02. The molecular formula is C29H34Cl2N6O. The first-order valence-electron chi connectivity index (χ1n) is 13.5. The molecule has 200 valence electrons. The molecule has 2 aliphatic rings. The second-order valence-electron chi connectivity index (χ2n) is 10.7. The van der Waals surface area contributed by atoms with Crippen molar-refractivity contribution in [3.63, 3.8) is 0 Å². The lowest BCUT2D eigenvalue weighted by molar-refractivity contribution is 0.181. The number of para-hydroxylation sites is 2. The van der Waals surface area contributed by atoms with E-state index in [1.807, 2.05) is 48.0 Å². The first-order chi connectivity index (χ1) is 18.4. The smallest absolute Gasteiger partial charge is 0.303 e. The maximum absolute atomic E-state index is 13.0. The van der Waals surface area contributed by atoms with E-state index < -0.39 is 0 Å². The number of hydrogen-bond acceptors (Lipinski definition) is 4. The van der Waals surface area contributed by atoms with Crippen LogP contribution in [0.3, 0.4) is 0 Å². The molecule has 2 aliphatic heterocycles. The third kappa shape index (κ3) is 4.70. The second kappa shape index (κ2) is 10.5. The zero-order valence-electron chi connectivity index (χ0n) is 22.0. The fourth-order valence-electron chi connectivity index (χ4n) is 6.20. The average molecular weight is 554 g/mol. The van der Waals surface area contributed by atoms with Gasteiger partial charge in [-0.05, 0) is 57.1 Å². The molecule has 0 saturated carbocycles. The number of likely N-dealkylation sites (tertiary alicyclic amines) is 1. The lowest BCUT2D eigenvalue weighted by Crippen LogP contribution is -2.38. The number of imidazole rings is 1. The summed E-state index contributed by atoms with van der Waals surface area (Å²) in [6, 6.07) is 14.2. The van der Waals surface area contributed by atoms with Crippen LogP contribution in [0.2, 0.25) is 10.0 Å². The van der Waals surface area contributed by atoms with E-state index in [1.165, 1.54) is 11.3 Å². The van der Waals surface area contributed by atoms with Crippen LogP contribution in [0.4, 0.5) is 0 Å². The normalized spacial score (nSPS) is 17.4. The van der Waals surface area contributed by atoms with Gasteiger partial charge < -0.3 is 9.80 Å². The Morgan fingerprint density at radius 1 is 0.947 bits per heavy atom. The summed E-state index contributed by atoms with van der Waals surface area (Å²) in [7, 11) is 4.03. The molecule has 0 aliphatic carbocycles. The summed E-state index contributed by atoms with van der Waals surface area (Å²) in [5, 5.41) is 6.20. The molecule has 9 heteroatoms. The highest BCUT2D eigenvalue weighted by Crippen LogP contribution is 2.33. The molecule has 2 aromatic carbocycles. The minimum absolute atomic E-state index is 0.0940. The van der Waals surface area contributed by atoms with Crippen molar-refractivity contribution in [1.29, 1.82) is 0 Å². The first kappa shape index (κ1) is 25.7. The van der Waals surface area contributed by atoms with Gasteiger partial charge in [-0.1, -0.05) is 41.4 Å². The Balaban J connectivity index is 1.12. The van der Waals surface area contributed by atoms with E-state index in [0.717, 1.165) is 87.2 Å². The molecular weight excluding hydrogens is 519 g/mol. The second-order valence-corrected chi connectivity index (χ2v) is 11.6. The lowest BCUT2D eigenvalue weighted by Gasteiger charge is -2.32. The van der Waals surface area contributed by atoms with Crippen LogP contribution in [0.5, 0.6) is 0 Å². The van der Waals surface area contributed by atoms with Crippen molar-refractivity contribution in [2.45, 2.75) is 44.8 Å². The summed E-state index contributed by atoms with van der Waals surface area (Å²) >= 11 is 12.5. The molecule has 2 aromatic heterocycles. The number of likely N-dealkylation sites (N-methyl/N-ethyl adjacent to an activating group) is 1. The number of halogens is 2. The summed E-state index contributed by atoms with van der Waals surface area (Å²) in [6.45, 7) is 5.89. The molecule has 0 atom stereocenters. The Morgan fingerprint density at radius 3 is 2.47 bits per heavy atom. The van der Waals surface area contributed by atoms with Gasteiger partial charge in [-0.2, -0.15) is 5.10 Å². The van der Waals surface area contributed by atoms with Crippen LogP contribution in [0.1, 0.15) is 36.6 Å². The minimum Gasteiger partial charge on any atom is -0.303 e. The van der Waals surface area contributed by atoms with E-state index in [9.17, 15) is 4.79 Å². The van der Waals surface area contributed by atoms with Crippen LogP contribution in [0.15, 0.2) is 47.3 Å². The van der Waals surface area contributed by atoms with E-state index in [4.69, 9.17) is 28.3 Å². The molecule has 0 amide bonds. The number of hydrogen-bond donors (Lipinski definition) is 0. The standard InChI is InChI=1S/C29H34Cl2N6O/c1-33-15-12-25-22(19-33)28(20-8-9-23(30)24(31)18-20)32-36(25)14-5-13-35-16-10-21(11-17-35)37-27-7-4-3-6-26(27)34(2)29(37)38/h3-4,6-9,18,21H,5,10-17,19H2,1-2H3. The van der Waals surface area contributed by atoms with Crippen LogP contribution in [0.25, 0.3) is 22.3 Å². The Kier molecular flexibility index (Phi) is 7.12. The number of rotatable bonds is 6. The summed E-state index contributed by atoms with van der Waals surface area (Å²) in [5.41, 5.74) is 6.84. The maximum atomic E-state index is 13.0. The summed E-state index contributed by atoms with van der Waals surface area (Å²) in [4.78, 5) is 17.8. The van der Waals surface area contributed by atoms with Gasteiger partial charge in [0.05, 0.1) is 26.8 Å². The topological polar surface area (TPSA) is 51.2 Å². The van der Waals surface area contributed by atoms with Gasteiger partial charge in [0, 0.05) is 69.1 Å². The van der Waals surface area contributed by atoms with Crippen molar-refractivity contribution in [2.24, 2.45) is 7.05 Å². The highest BCUT2D eigenvalue weighted by atomic mass is 35.5. The van der Waals surface area contributed by atoms with Crippen molar-refractivity contribution in [3.05, 3.63) is 74.3 Å². The van der Waals surface area contributed by atoms with E-state index in [-0.39, 0.29) is 11.7 Å². The molecule has 6 rings (SSSR count). The predicted molar refractivity (Wildman–Crippen MR) is 154 cm³/mol. The number of aryl methyl sites for hydroxylation is 2. The van der Waals surface area contributed by atoms with Crippen LogP contribution in [-0.2, 0) is 26.6 Å². The van der Waals surface area contributed by atoms with Crippen molar-refractivity contribution in [2.75, 3.05) is 33.2 Å². The molecule has 0 radical (unpaired) electrons. The molecule has 0 bridgehead atoms. The van der Waals surface area contributed by atoms with E-state index in [0.29, 0.717) is 10.0 Å². The van der Waals surface area contributed by atoms with Crippen molar-refractivity contribution in [3.8, 4) is 11.3 Å². The molecule has 0 N–H and O–H groups in total. The van der Waals surface area contributed by atoms with Crippen LogP contribution >= 0.6 is 23.2 Å². The largest absolute Gasteiger partial charge is 0.329 e. The third-order valence-electron chi connectivity index (χ3n) is 8.28. The molecule has 0 spiro atoms. The molecule has 0 unspecified atom stereocenters. The van der Waals surface area contributed by atoms with Crippen LogP contribution in [-0.4, -0.2) is 61.9 Å². The minimum atomic E-state index is 0.0940. The summed E-state index contributed by atoms with van der Waals surface area (Å²) in [5.74, 6) is 0. The molecule has 4 aromatic rings. The Hall–Kier alpha value is -2.58. The van der Waals surface area contributed by atoms with Crippen molar-refractivity contribution in [1.82, 2.24) is 28.7 Å². The van der Waals surface area contributed by atoms with E-state index in [1.54, 1.807) is 4.57 Å². The van der Waals surface area contributed by atoms with E-state index >= 15 is 0 Å². The fourth-order valence-corrected chi connectivity index (χ4v) is 6.50. The van der Waals surface area contributed by atoms with Crippen LogP contribution in [0, 0.1) is 0 Å². The molecule has 1 saturated heterocycles. The Labute approximate surface area is 233 Å². The summed E-state index contributed by atoms with van der Waals surface area (Å²) < 4.78 is 6.02. The van der Waals surface area contributed by atoms with Crippen molar-refractivity contribution >= 4 is 34.2 Å². The molecule has 1 fully saturated rings. The predicted octanol–water partition coefficient (Wildman–Crippen LogP) is 5.23. The maximum Gasteiger partial charge on any atom is 0.329 e. The number of aromatic nitrogens is 4. The monoisotopic (exact) mass is 552 g/mol. The first-order valence-corrected chi connectivity index (χ1v) is 14.3. The van der Waals surface area contributed by atoms with Gasteiger partial charge >= 0.3 is 5.69 Å². The number of piperidine rings is 1. The average Bonchev–Trinajstić information content (AvgIpc) is 3.40. The Bertz CT molecular complexity index is 1530. The SMILES string of the molecule is CN1CCc2c(c(-c3ccc(Cl)c(Cl)c3)nn2CCCN2CCC(n3c(=O)n(C)c4ccccc43)CC2)C1. The molecule has 4 heterocycles. The van der Waals surface area contributed by atoms with Gasteiger partial charge in [0.25, 0.3) is 0 Å². The van der Waals surface area contributed by atoms with Gasteiger partial charge in [-0.3, -0.25) is 13.8 Å². The quantitative estimate of drug-likeness (QED) is 0.329. The van der Waals surface area contributed by atoms with Gasteiger partial charge in [0.1, 0.15) is 0 Å². The Morgan fingerprint density at radius 2 is 1.71 bits per heavy atom. The summed E-state index contributed by atoms with van der Waals surface area (Å²) in [6.07, 6.45) is 4.05. The fraction of sp³-hybridized carbons (Fsp3) is 0.448. The van der Waals surface area contributed by atoms with Crippen molar-refractivity contribution < 1.29 is 0 Å². The number of nitrogens with zero attached hydrogens (tertiary/aromatic N) is 6.